The van der Waals surface area contributed by atoms with E-state index >= 15 is 0 Å². The number of rotatable bonds is 18. The standard InChI is InChI=1S/C61H52N6O4/c1-44(69)10-11-45-12-21-51(22-13-45)66(55-33-29-49(30-34-55)64-38-4-5-39-64)53-25-17-47(18-26-53)60-61(63-58-9-3-2-8-57(58)62-60)48-19-27-54(28-20-48)67(56-35-31-50(32-36-56)65-40-6-7-41-65)52-23-14-46(15-24-52)16-37-59(70)71-43-42-68/h2-9,12-15,17-36,38-41,68H,10-11,16,37,42-43H2,1H3. The van der Waals surface area contributed by atoms with Gasteiger partial charge >= 0.3 is 5.97 Å². The number of nitrogens with zero attached hydrogens (tertiary/aromatic N) is 6. The Labute approximate surface area is 413 Å². The molecule has 3 aromatic heterocycles. The van der Waals surface area contributed by atoms with Crippen molar-refractivity contribution in [2.75, 3.05) is 23.0 Å². The number of Topliss-reactive ketones (excluding diaryl/α,β-unsaturated/α-hetero) is 1. The summed E-state index contributed by atoms with van der Waals surface area (Å²) in [5, 5.41) is 9.04. The van der Waals surface area contributed by atoms with Gasteiger partial charge in [0.2, 0.25) is 0 Å². The molecule has 0 spiro atoms. The smallest absolute Gasteiger partial charge is 0.306 e. The number of para-hydroxylation sites is 2. The average Bonchev–Trinajstić information content (AvgIpc) is 4.18. The first kappa shape index (κ1) is 45.9. The normalized spacial score (nSPS) is 11.1. The van der Waals surface area contributed by atoms with Crippen molar-refractivity contribution < 1.29 is 19.4 Å². The average molecular weight is 933 g/mol. The second-order valence-corrected chi connectivity index (χ2v) is 17.4. The van der Waals surface area contributed by atoms with E-state index in [0.717, 1.165) is 90.2 Å². The van der Waals surface area contributed by atoms with Crippen LogP contribution >= 0.6 is 0 Å². The van der Waals surface area contributed by atoms with Crippen LogP contribution in [0.5, 0.6) is 0 Å². The van der Waals surface area contributed by atoms with Gasteiger partial charge < -0.3 is 33.6 Å². The third-order valence-electron chi connectivity index (χ3n) is 12.5. The number of ketones is 1. The largest absolute Gasteiger partial charge is 0.463 e. The molecule has 71 heavy (non-hydrogen) atoms. The van der Waals surface area contributed by atoms with Crippen molar-refractivity contribution >= 4 is 56.9 Å². The van der Waals surface area contributed by atoms with Gasteiger partial charge in [0.05, 0.1) is 29.0 Å². The summed E-state index contributed by atoms with van der Waals surface area (Å²) < 4.78 is 9.25. The Morgan fingerprint density at radius 3 is 1.18 bits per heavy atom. The lowest BCUT2D eigenvalue weighted by atomic mass is 10.0. The summed E-state index contributed by atoms with van der Waals surface area (Å²) in [5.41, 5.74) is 15.1. The van der Waals surface area contributed by atoms with E-state index in [9.17, 15) is 9.59 Å². The molecule has 10 nitrogen and oxygen atoms in total. The van der Waals surface area contributed by atoms with Crippen LogP contribution in [0.1, 0.15) is 30.9 Å². The van der Waals surface area contributed by atoms with Crippen LogP contribution < -0.4 is 9.80 Å². The number of aromatic nitrogens is 4. The first-order valence-electron chi connectivity index (χ1n) is 23.9. The van der Waals surface area contributed by atoms with E-state index in [2.05, 4.69) is 152 Å². The van der Waals surface area contributed by atoms with Crippen molar-refractivity contribution in [1.29, 1.82) is 0 Å². The van der Waals surface area contributed by atoms with Crippen molar-refractivity contribution in [2.24, 2.45) is 0 Å². The van der Waals surface area contributed by atoms with Crippen LogP contribution in [-0.2, 0) is 27.2 Å². The number of aliphatic hydroxyl groups excluding tert-OH is 1. The van der Waals surface area contributed by atoms with Crippen molar-refractivity contribution in [2.45, 2.75) is 32.6 Å². The van der Waals surface area contributed by atoms with Gasteiger partial charge in [-0.2, -0.15) is 0 Å². The van der Waals surface area contributed by atoms with Gasteiger partial charge in [0.15, 0.2) is 0 Å². The van der Waals surface area contributed by atoms with E-state index in [1.807, 2.05) is 85.5 Å². The molecule has 350 valence electrons. The Morgan fingerprint density at radius 2 is 0.817 bits per heavy atom. The van der Waals surface area contributed by atoms with Gasteiger partial charge in [0, 0.05) is 94.3 Å². The Morgan fingerprint density at radius 1 is 0.465 bits per heavy atom. The molecule has 10 heteroatoms. The second-order valence-electron chi connectivity index (χ2n) is 17.4. The predicted octanol–water partition coefficient (Wildman–Crippen LogP) is 13.5. The topological polar surface area (TPSA) is 106 Å². The Hall–Kier alpha value is -8.86. The zero-order valence-corrected chi connectivity index (χ0v) is 39.4. The van der Waals surface area contributed by atoms with E-state index in [1.54, 1.807) is 6.92 Å². The van der Waals surface area contributed by atoms with Crippen LogP contribution in [0.15, 0.2) is 219 Å². The highest BCUT2D eigenvalue weighted by atomic mass is 16.5. The Kier molecular flexibility index (Phi) is 13.7. The fourth-order valence-corrected chi connectivity index (χ4v) is 8.82. The molecule has 10 aromatic rings. The van der Waals surface area contributed by atoms with Crippen molar-refractivity contribution in [3.63, 3.8) is 0 Å². The highest BCUT2D eigenvalue weighted by molar-refractivity contribution is 5.88. The predicted molar refractivity (Wildman–Crippen MR) is 284 cm³/mol. The fraction of sp³-hybridized carbons (Fsp3) is 0.115. The lowest BCUT2D eigenvalue weighted by Gasteiger charge is -2.26. The minimum atomic E-state index is -0.331. The van der Waals surface area contributed by atoms with Gasteiger partial charge in [-0.15, -0.1) is 0 Å². The molecule has 3 heterocycles. The van der Waals surface area contributed by atoms with E-state index in [0.29, 0.717) is 19.3 Å². The molecule has 0 amide bonds. The molecule has 1 N–H and O–H groups in total. The number of fused-ring (bicyclic) bond motifs is 1. The number of carbonyl (C=O) groups excluding carboxylic acids is 2. The molecule has 0 atom stereocenters. The van der Waals surface area contributed by atoms with Gasteiger partial charge in [-0.05, 0) is 164 Å². The number of anilines is 6. The first-order valence-corrected chi connectivity index (χ1v) is 23.9. The van der Waals surface area contributed by atoms with Gasteiger partial charge in [-0.3, -0.25) is 4.79 Å². The molecule has 10 rings (SSSR count). The molecular formula is C61H52N6O4. The summed E-state index contributed by atoms with van der Waals surface area (Å²) in [4.78, 5) is 38.9. The van der Waals surface area contributed by atoms with Gasteiger partial charge in [-0.1, -0.05) is 60.7 Å². The third-order valence-corrected chi connectivity index (χ3v) is 12.5. The fourth-order valence-electron chi connectivity index (χ4n) is 8.82. The van der Waals surface area contributed by atoms with Crippen molar-refractivity contribution in [3.05, 3.63) is 230 Å². The Balaban J connectivity index is 0.986. The van der Waals surface area contributed by atoms with E-state index < -0.39 is 0 Å². The van der Waals surface area contributed by atoms with Crippen LogP contribution in [0.2, 0.25) is 0 Å². The summed E-state index contributed by atoms with van der Waals surface area (Å²) in [5.74, 6) is -0.149. The second kappa shape index (κ2) is 21.2. The highest BCUT2D eigenvalue weighted by Crippen LogP contribution is 2.40. The van der Waals surface area contributed by atoms with Gasteiger partial charge in [-0.25, -0.2) is 9.97 Å². The van der Waals surface area contributed by atoms with Crippen molar-refractivity contribution in [1.82, 2.24) is 19.1 Å². The molecule has 7 aromatic carbocycles. The SMILES string of the molecule is CC(=O)CCc1ccc(N(c2ccc(-c3nc4ccccc4nc3-c3ccc(N(c4ccc(CCC(=O)OCCO)cc4)c4ccc(-n5cccc5)cc4)cc3)cc2)c2ccc(-n3cccc3)cc2)cc1. The molecule has 0 fully saturated rings. The number of hydrogen-bond acceptors (Lipinski definition) is 8. The van der Waals surface area contributed by atoms with Gasteiger partial charge in [0.1, 0.15) is 12.4 Å². The number of ether oxygens (including phenoxy) is 1. The molecular weight excluding hydrogens is 881 g/mol. The van der Waals surface area contributed by atoms with E-state index in [4.69, 9.17) is 19.8 Å². The quantitative estimate of drug-likeness (QED) is 0.0848. The van der Waals surface area contributed by atoms with E-state index in [1.165, 1.54) is 0 Å². The number of hydrogen-bond donors (Lipinski definition) is 1. The molecule has 0 radical (unpaired) electrons. The van der Waals surface area contributed by atoms with Crippen LogP contribution in [0.3, 0.4) is 0 Å². The van der Waals surface area contributed by atoms with Crippen LogP contribution in [0.25, 0.3) is 44.9 Å². The molecule has 0 aliphatic heterocycles. The molecule has 0 unspecified atom stereocenters. The van der Waals surface area contributed by atoms with E-state index in [-0.39, 0.29) is 31.4 Å². The Bertz CT molecular complexity index is 3350. The number of esters is 1. The lowest BCUT2D eigenvalue weighted by Crippen LogP contribution is -2.11. The van der Waals surface area contributed by atoms with Crippen LogP contribution in [0.4, 0.5) is 34.1 Å². The molecule has 0 saturated heterocycles. The number of aliphatic hydroxyl groups is 1. The molecule has 0 aliphatic rings. The summed E-state index contributed by atoms with van der Waals surface area (Å²) in [6.45, 7) is 1.45. The van der Waals surface area contributed by atoms with Crippen molar-refractivity contribution in [3.8, 4) is 33.9 Å². The third kappa shape index (κ3) is 10.6. The zero-order chi connectivity index (χ0) is 48.5. The summed E-state index contributed by atoms with van der Waals surface area (Å²) in [7, 11) is 0. The summed E-state index contributed by atoms with van der Waals surface area (Å²) in [6, 6.07) is 66.7. The number of aryl methyl sites for hydroxylation is 2. The highest BCUT2D eigenvalue weighted by Gasteiger charge is 2.19. The minimum Gasteiger partial charge on any atom is -0.463 e. The van der Waals surface area contributed by atoms with Crippen LogP contribution in [-0.4, -0.2) is 49.2 Å². The maximum Gasteiger partial charge on any atom is 0.306 e. The summed E-state index contributed by atoms with van der Waals surface area (Å²) >= 11 is 0. The minimum absolute atomic E-state index is 0.00396. The van der Waals surface area contributed by atoms with Gasteiger partial charge in [0.25, 0.3) is 0 Å². The monoisotopic (exact) mass is 932 g/mol. The molecule has 0 aliphatic carbocycles. The first-order chi connectivity index (χ1) is 34.9. The molecule has 0 saturated carbocycles. The zero-order valence-electron chi connectivity index (χ0n) is 39.4. The number of carbonyl (C=O) groups is 2. The lowest BCUT2D eigenvalue weighted by molar-refractivity contribution is -0.144. The summed E-state index contributed by atoms with van der Waals surface area (Å²) in [6.07, 6.45) is 10.1. The number of benzene rings is 7. The van der Waals surface area contributed by atoms with Crippen LogP contribution in [0, 0.1) is 0 Å². The maximum atomic E-state index is 12.2. The maximum absolute atomic E-state index is 12.2. The molecule has 0 bridgehead atoms.